The van der Waals surface area contributed by atoms with Crippen molar-refractivity contribution in [1.82, 2.24) is 4.98 Å². The molecule has 106 valence electrons. The molecule has 0 fully saturated rings. The topological polar surface area (TPSA) is 70.5 Å². The van der Waals surface area contributed by atoms with Crippen LogP contribution in [0, 0.1) is 6.92 Å². The van der Waals surface area contributed by atoms with Crippen LogP contribution in [0.25, 0.3) is 0 Å². The third-order valence-corrected chi connectivity index (χ3v) is 2.70. The van der Waals surface area contributed by atoms with E-state index in [0.29, 0.717) is 11.0 Å². The summed E-state index contributed by atoms with van der Waals surface area (Å²) < 4.78 is 38.2. The van der Waals surface area contributed by atoms with Crippen LogP contribution >= 0.6 is 0 Å². The van der Waals surface area contributed by atoms with Gasteiger partial charge in [0.25, 0.3) is 5.91 Å². The number of rotatable bonds is 2. The van der Waals surface area contributed by atoms with Crippen molar-refractivity contribution in [1.29, 1.82) is 0 Å². The number of carboxylic acids is 1. The first-order chi connectivity index (χ1) is 9.20. The SMILES string of the molecule is Cc1cc(C(F)(F)F)cc(N2C(=O)C=CC2C(=O)O)n1. The second kappa shape index (κ2) is 4.62. The van der Waals surface area contributed by atoms with Crippen molar-refractivity contribution >= 4 is 17.7 Å². The molecule has 0 saturated carbocycles. The predicted molar refractivity (Wildman–Crippen MR) is 62.0 cm³/mol. The molecular weight excluding hydrogens is 277 g/mol. The number of anilines is 1. The molecule has 2 heterocycles. The number of hydrogen-bond donors (Lipinski definition) is 1. The number of amides is 1. The van der Waals surface area contributed by atoms with Gasteiger partial charge in [-0.05, 0) is 25.1 Å². The molecule has 1 N–H and O–H groups in total. The van der Waals surface area contributed by atoms with Crippen molar-refractivity contribution in [3.05, 3.63) is 35.5 Å². The first-order valence-electron chi connectivity index (χ1n) is 5.50. The van der Waals surface area contributed by atoms with Gasteiger partial charge in [-0.25, -0.2) is 9.78 Å². The molecule has 0 aromatic carbocycles. The van der Waals surface area contributed by atoms with Crippen LogP contribution in [0.2, 0.25) is 0 Å². The van der Waals surface area contributed by atoms with Gasteiger partial charge in [0.2, 0.25) is 0 Å². The van der Waals surface area contributed by atoms with Gasteiger partial charge in [0, 0.05) is 11.8 Å². The van der Waals surface area contributed by atoms with Gasteiger partial charge in [-0.1, -0.05) is 0 Å². The maximum absolute atomic E-state index is 12.7. The second-order valence-corrected chi connectivity index (χ2v) is 4.20. The number of carbonyl (C=O) groups excluding carboxylic acids is 1. The number of nitrogens with zero attached hydrogens (tertiary/aromatic N) is 2. The molecule has 2 rings (SSSR count). The molecule has 1 aromatic rings. The molecule has 1 atom stereocenters. The lowest BCUT2D eigenvalue weighted by Gasteiger charge is -2.22. The summed E-state index contributed by atoms with van der Waals surface area (Å²) in [6, 6.07) is 0.138. The van der Waals surface area contributed by atoms with Gasteiger partial charge in [-0.15, -0.1) is 0 Å². The quantitative estimate of drug-likeness (QED) is 0.899. The summed E-state index contributed by atoms with van der Waals surface area (Å²) in [6.45, 7) is 1.34. The molecule has 1 aliphatic heterocycles. The van der Waals surface area contributed by atoms with Gasteiger partial charge < -0.3 is 5.11 Å². The Labute approximate surface area is 111 Å². The normalized spacial score (nSPS) is 18.7. The number of carboxylic acid groups (broad SMARTS) is 1. The minimum absolute atomic E-state index is 0.0404. The number of carbonyl (C=O) groups is 2. The van der Waals surface area contributed by atoms with E-state index in [1.54, 1.807) is 0 Å². The highest BCUT2D eigenvalue weighted by Crippen LogP contribution is 2.32. The molecule has 1 aliphatic rings. The molecule has 0 spiro atoms. The van der Waals surface area contributed by atoms with E-state index in [4.69, 9.17) is 5.11 Å². The standard InChI is InChI=1S/C12H9F3N2O3/c1-6-4-7(12(13,14)15)5-9(16-6)17-8(11(19)20)2-3-10(17)18/h2-5,8H,1H3,(H,19,20). The van der Waals surface area contributed by atoms with Crippen molar-refractivity contribution in [3.8, 4) is 0 Å². The number of aliphatic carboxylic acids is 1. The molecular formula is C12H9F3N2O3. The first-order valence-corrected chi connectivity index (χ1v) is 5.50. The number of halogens is 3. The average molecular weight is 286 g/mol. The molecule has 8 heteroatoms. The van der Waals surface area contributed by atoms with Crippen molar-refractivity contribution in [2.75, 3.05) is 4.90 Å². The molecule has 1 unspecified atom stereocenters. The summed E-state index contributed by atoms with van der Waals surface area (Å²) in [6.07, 6.45) is -2.50. The largest absolute Gasteiger partial charge is 0.479 e. The van der Waals surface area contributed by atoms with E-state index < -0.39 is 29.7 Å². The molecule has 0 aliphatic carbocycles. The van der Waals surface area contributed by atoms with E-state index in [9.17, 15) is 22.8 Å². The van der Waals surface area contributed by atoms with Gasteiger partial charge in [0.15, 0.2) is 6.04 Å². The minimum Gasteiger partial charge on any atom is -0.479 e. The molecule has 0 radical (unpaired) electrons. The zero-order chi connectivity index (χ0) is 15.1. The minimum atomic E-state index is -4.60. The second-order valence-electron chi connectivity index (χ2n) is 4.20. The summed E-state index contributed by atoms with van der Waals surface area (Å²) in [4.78, 5) is 27.1. The summed E-state index contributed by atoms with van der Waals surface area (Å²) in [5.41, 5.74) is -0.942. The van der Waals surface area contributed by atoms with Crippen LogP contribution in [0.3, 0.4) is 0 Å². The molecule has 5 nitrogen and oxygen atoms in total. The van der Waals surface area contributed by atoms with E-state index in [0.717, 1.165) is 18.2 Å². The molecule has 1 aromatic heterocycles. The number of pyridine rings is 1. The Balaban J connectivity index is 2.50. The summed E-state index contributed by atoms with van der Waals surface area (Å²) in [7, 11) is 0. The fraction of sp³-hybridized carbons (Fsp3) is 0.250. The van der Waals surface area contributed by atoms with E-state index in [1.165, 1.54) is 6.92 Å². The Kier molecular flexibility index (Phi) is 3.24. The third-order valence-electron chi connectivity index (χ3n) is 2.70. The van der Waals surface area contributed by atoms with Crippen LogP contribution in [0.4, 0.5) is 19.0 Å². The lowest BCUT2D eigenvalue weighted by atomic mass is 10.2. The van der Waals surface area contributed by atoms with Gasteiger partial charge >= 0.3 is 12.1 Å². The van der Waals surface area contributed by atoms with E-state index in [-0.39, 0.29) is 11.5 Å². The Morgan fingerprint density at radius 1 is 1.40 bits per heavy atom. The fourth-order valence-electron chi connectivity index (χ4n) is 1.86. The van der Waals surface area contributed by atoms with Crippen LogP contribution in [-0.4, -0.2) is 28.0 Å². The lowest BCUT2D eigenvalue weighted by molar-refractivity contribution is -0.138. The maximum Gasteiger partial charge on any atom is 0.416 e. The first kappa shape index (κ1) is 14.0. The lowest BCUT2D eigenvalue weighted by Crippen LogP contribution is -2.40. The van der Waals surface area contributed by atoms with Crippen LogP contribution in [0.1, 0.15) is 11.3 Å². The van der Waals surface area contributed by atoms with Gasteiger partial charge in [-0.2, -0.15) is 13.2 Å². The number of alkyl halides is 3. The summed E-state index contributed by atoms with van der Waals surface area (Å²) in [5, 5.41) is 8.97. The highest BCUT2D eigenvalue weighted by Gasteiger charge is 2.36. The van der Waals surface area contributed by atoms with E-state index in [1.807, 2.05) is 0 Å². The average Bonchev–Trinajstić information content (AvgIpc) is 2.69. The smallest absolute Gasteiger partial charge is 0.416 e. The Hall–Kier alpha value is -2.38. The zero-order valence-corrected chi connectivity index (χ0v) is 10.2. The van der Waals surface area contributed by atoms with Crippen LogP contribution in [0.15, 0.2) is 24.3 Å². The van der Waals surface area contributed by atoms with Crippen LogP contribution < -0.4 is 4.90 Å². The van der Waals surface area contributed by atoms with Crippen LogP contribution in [-0.2, 0) is 15.8 Å². The molecule has 0 bridgehead atoms. The number of hydrogen-bond acceptors (Lipinski definition) is 3. The maximum atomic E-state index is 12.7. The Morgan fingerprint density at radius 2 is 2.05 bits per heavy atom. The van der Waals surface area contributed by atoms with Gasteiger partial charge in [0.05, 0.1) is 5.56 Å². The van der Waals surface area contributed by atoms with Gasteiger partial charge in [-0.3, -0.25) is 9.69 Å². The monoisotopic (exact) mass is 286 g/mol. The fourth-order valence-corrected chi connectivity index (χ4v) is 1.86. The Morgan fingerprint density at radius 3 is 2.60 bits per heavy atom. The van der Waals surface area contributed by atoms with Crippen molar-refractivity contribution in [2.24, 2.45) is 0 Å². The highest BCUT2D eigenvalue weighted by atomic mass is 19.4. The molecule has 1 amide bonds. The summed E-state index contributed by atoms with van der Waals surface area (Å²) >= 11 is 0. The highest BCUT2D eigenvalue weighted by molar-refractivity contribution is 6.09. The molecule has 20 heavy (non-hydrogen) atoms. The van der Waals surface area contributed by atoms with Crippen molar-refractivity contribution in [3.63, 3.8) is 0 Å². The third kappa shape index (κ3) is 2.49. The van der Waals surface area contributed by atoms with E-state index in [2.05, 4.69) is 4.98 Å². The van der Waals surface area contributed by atoms with Crippen LogP contribution in [0.5, 0.6) is 0 Å². The zero-order valence-electron chi connectivity index (χ0n) is 10.2. The van der Waals surface area contributed by atoms with Crippen molar-refractivity contribution < 1.29 is 27.9 Å². The van der Waals surface area contributed by atoms with Gasteiger partial charge in [0.1, 0.15) is 5.82 Å². The predicted octanol–water partition coefficient (Wildman–Crippen LogP) is 1.76. The van der Waals surface area contributed by atoms with Crippen molar-refractivity contribution in [2.45, 2.75) is 19.1 Å². The van der Waals surface area contributed by atoms with E-state index >= 15 is 0 Å². The molecule has 0 saturated heterocycles. The number of aromatic nitrogens is 1. The Bertz CT molecular complexity index is 610. The summed E-state index contributed by atoms with van der Waals surface area (Å²) in [5.74, 6) is -2.40. The number of aryl methyl sites for hydroxylation is 1.